The van der Waals surface area contributed by atoms with Crippen LogP contribution in [0, 0.1) is 0 Å². The average Bonchev–Trinajstić information content (AvgIpc) is 1.88. The molecule has 1 atom stereocenters. The molecule has 0 aliphatic carbocycles. The van der Waals surface area contributed by atoms with Gasteiger partial charge in [0.15, 0.2) is 0 Å². The average molecular weight is 183 g/mol. The van der Waals surface area contributed by atoms with Crippen molar-refractivity contribution in [1.29, 1.82) is 0 Å². The number of hydrogen-bond acceptors (Lipinski definition) is 2. The first-order valence-corrected chi connectivity index (χ1v) is 4.52. The molecule has 10 heavy (non-hydrogen) atoms. The van der Waals surface area contributed by atoms with Crippen molar-refractivity contribution in [2.24, 2.45) is 0 Å². The number of hydrogen-bond donors (Lipinski definition) is 1. The zero-order chi connectivity index (χ0) is 8.20. The van der Waals surface area contributed by atoms with Crippen LogP contribution < -0.4 is 0 Å². The molecule has 0 rings (SSSR count). The Balaban J connectivity index is 4.08. The van der Waals surface area contributed by atoms with Crippen LogP contribution >= 0.6 is 23.4 Å². The van der Waals surface area contributed by atoms with E-state index in [9.17, 15) is 4.79 Å². The Kier molecular flexibility index (Phi) is 4.13. The van der Waals surface area contributed by atoms with Crippen molar-refractivity contribution >= 4 is 29.3 Å². The number of carbonyl (C=O) groups is 1. The van der Waals surface area contributed by atoms with Crippen molar-refractivity contribution in [2.45, 2.75) is 18.6 Å². The summed E-state index contributed by atoms with van der Waals surface area (Å²) in [4.78, 5) is 10.5. The van der Waals surface area contributed by atoms with Gasteiger partial charge in [0.1, 0.15) is 4.75 Å². The minimum Gasteiger partial charge on any atom is -0.480 e. The minimum absolute atomic E-state index is 0.154. The highest BCUT2D eigenvalue weighted by Crippen LogP contribution is 2.26. The first-order chi connectivity index (χ1) is 4.56. The first kappa shape index (κ1) is 10.1. The van der Waals surface area contributed by atoms with E-state index in [0.717, 1.165) is 5.75 Å². The maximum atomic E-state index is 10.5. The van der Waals surface area contributed by atoms with Crippen LogP contribution in [-0.2, 0) is 4.79 Å². The second-order valence-corrected chi connectivity index (χ2v) is 4.14. The van der Waals surface area contributed by atoms with Gasteiger partial charge < -0.3 is 5.11 Å². The molecule has 0 amide bonds. The molecule has 0 radical (unpaired) electrons. The largest absolute Gasteiger partial charge is 0.480 e. The van der Waals surface area contributed by atoms with Gasteiger partial charge in [-0.2, -0.15) is 0 Å². The van der Waals surface area contributed by atoms with E-state index in [4.69, 9.17) is 16.7 Å². The summed E-state index contributed by atoms with van der Waals surface area (Å²) in [6.45, 7) is 3.55. The minimum atomic E-state index is -0.839. The van der Waals surface area contributed by atoms with E-state index in [0.29, 0.717) is 0 Å². The highest BCUT2D eigenvalue weighted by molar-refractivity contribution is 8.01. The summed E-state index contributed by atoms with van der Waals surface area (Å²) in [5.41, 5.74) is 0. The zero-order valence-corrected chi connectivity index (χ0v) is 7.63. The number of thioether (sulfide) groups is 1. The van der Waals surface area contributed by atoms with Gasteiger partial charge in [0.2, 0.25) is 0 Å². The van der Waals surface area contributed by atoms with E-state index in [-0.39, 0.29) is 5.88 Å². The standard InChI is InChI=1S/C6H11ClO2S/c1-3-10-6(2,4-7)5(8)9/h3-4H2,1-2H3,(H,8,9). The summed E-state index contributed by atoms with van der Waals surface area (Å²) in [5, 5.41) is 8.66. The molecule has 0 aromatic carbocycles. The summed E-state index contributed by atoms with van der Waals surface area (Å²) in [6.07, 6.45) is 0. The van der Waals surface area contributed by atoms with Crippen LogP contribution in [0.5, 0.6) is 0 Å². The molecular formula is C6H11ClO2S. The molecule has 2 nitrogen and oxygen atoms in total. The van der Waals surface area contributed by atoms with Gasteiger partial charge in [-0.1, -0.05) is 6.92 Å². The SMILES string of the molecule is CCSC(C)(CCl)C(=O)O. The normalized spacial score (nSPS) is 16.3. The summed E-state index contributed by atoms with van der Waals surface area (Å²) < 4.78 is -0.809. The molecule has 0 heterocycles. The Hall–Kier alpha value is 0.110. The van der Waals surface area contributed by atoms with Crippen LogP contribution in [0.15, 0.2) is 0 Å². The Labute approximate surface area is 69.9 Å². The number of carboxylic acid groups (broad SMARTS) is 1. The van der Waals surface area contributed by atoms with Gasteiger partial charge in [-0.3, -0.25) is 4.79 Å². The van der Waals surface area contributed by atoms with Crippen molar-refractivity contribution in [2.75, 3.05) is 11.6 Å². The molecule has 0 aliphatic heterocycles. The summed E-state index contributed by atoms with van der Waals surface area (Å²) in [7, 11) is 0. The highest BCUT2D eigenvalue weighted by atomic mass is 35.5. The lowest BCUT2D eigenvalue weighted by atomic mass is 10.2. The van der Waals surface area contributed by atoms with Crippen LogP contribution in [0.2, 0.25) is 0 Å². The summed E-state index contributed by atoms with van der Waals surface area (Å²) in [6, 6.07) is 0. The van der Waals surface area contributed by atoms with Crippen LogP contribution in [0.1, 0.15) is 13.8 Å². The van der Waals surface area contributed by atoms with Gasteiger partial charge >= 0.3 is 5.97 Å². The monoisotopic (exact) mass is 182 g/mol. The Morgan fingerprint density at radius 1 is 1.80 bits per heavy atom. The van der Waals surface area contributed by atoms with E-state index in [1.54, 1.807) is 6.92 Å². The van der Waals surface area contributed by atoms with Crippen LogP contribution in [0.4, 0.5) is 0 Å². The van der Waals surface area contributed by atoms with Gasteiger partial charge in [0.25, 0.3) is 0 Å². The Morgan fingerprint density at radius 2 is 2.30 bits per heavy atom. The molecule has 0 spiro atoms. The molecule has 1 N–H and O–H groups in total. The second kappa shape index (κ2) is 4.09. The molecule has 0 fully saturated rings. The van der Waals surface area contributed by atoms with E-state index in [1.807, 2.05) is 6.92 Å². The van der Waals surface area contributed by atoms with Gasteiger partial charge in [-0.15, -0.1) is 23.4 Å². The topological polar surface area (TPSA) is 37.3 Å². The van der Waals surface area contributed by atoms with Crippen molar-refractivity contribution in [3.8, 4) is 0 Å². The predicted molar refractivity (Wildman–Crippen MR) is 44.9 cm³/mol. The fourth-order valence-electron chi connectivity index (χ4n) is 0.476. The fourth-order valence-corrected chi connectivity index (χ4v) is 1.66. The quantitative estimate of drug-likeness (QED) is 0.674. The third-order valence-electron chi connectivity index (χ3n) is 1.17. The van der Waals surface area contributed by atoms with Gasteiger partial charge in [-0.25, -0.2) is 0 Å². The highest BCUT2D eigenvalue weighted by Gasteiger charge is 2.31. The number of aliphatic carboxylic acids is 1. The number of alkyl halides is 1. The van der Waals surface area contributed by atoms with Crippen LogP contribution in [-0.4, -0.2) is 27.5 Å². The third-order valence-corrected chi connectivity index (χ3v) is 3.11. The lowest BCUT2D eigenvalue weighted by Crippen LogP contribution is -2.33. The molecule has 4 heteroatoms. The van der Waals surface area contributed by atoms with E-state index in [1.165, 1.54) is 11.8 Å². The molecule has 0 bridgehead atoms. The van der Waals surface area contributed by atoms with Crippen LogP contribution in [0.25, 0.3) is 0 Å². The second-order valence-electron chi connectivity index (χ2n) is 2.10. The molecule has 0 saturated carbocycles. The Morgan fingerprint density at radius 3 is 2.40 bits per heavy atom. The number of halogens is 1. The lowest BCUT2D eigenvalue weighted by molar-refractivity contribution is -0.138. The number of carboxylic acids is 1. The maximum Gasteiger partial charge on any atom is 0.320 e. The van der Waals surface area contributed by atoms with Crippen molar-refractivity contribution in [1.82, 2.24) is 0 Å². The van der Waals surface area contributed by atoms with E-state index < -0.39 is 10.7 Å². The van der Waals surface area contributed by atoms with Crippen LogP contribution in [0.3, 0.4) is 0 Å². The van der Waals surface area contributed by atoms with Gasteiger partial charge in [0.05, 0.1) is 0 Å². The molecule has 60 valence electrons. The molecular weight excluding hydrogens is 172 g/mol. The smallest absolute Gasteiger partial charge is 0.320 e. The molecule has 0 aromatic rings. The summed E-state index contributed by atoms with van der Waals surface area (Å²) in [5.74, 6) is 0.0884. The van der Waals surface area contributed by atoms with E-state index >= 15 is 0 Å². The van der Waals surface area contributed by atoms with Crippen molar-refractivity contribution in [3.63, 3.8) is 0 Å². The van der Waals surface area contributed by atoms with Gasteiger partial charge in [-0.05, 0) is 12.7 Å². The number of rotatable bonds is 4. The summed E-state index contributed by atoms with van der Waals surface area (Å²) >= 11 is 6.84. The maximum absolute atomic E-state index is 10.5. The fraction of sp³-hybridized carbons (Fsp3) is 0.833. The predicted octanol–water partition coefficient (Wildman–Crippen LogP) is 1.82. The Bertz CT molecular complexity index is 129. The molecule has 0 aromatic heterocycles. The molecule has 1 unspecified atom stereocenters. The molecule has 0 saturated heterocycles. The lowest BCUT2D eigenvalue weighted by Gasteiger charge is -2.19. The zero-order valence-electron chi connectivity index (χ0n) is 6.06. The van der Waals surface area contributed by atoms with Crippen molar-refractivity contribution < 1.29 is 9.90 Å². The molecule has 0 aliphatic rings. The van der Waals surface area contributed by atoms with E-state index in [2.05, 4.69) is 0 Å². The first-order valence-electron chi connectivity index (χ1n) is 3.00. The third kappa shape index (κ3) is 2.39. The van der Waals surface area contributed by atoms with Crippen molar-refractivity contribution in [3.05, 3.63) is 0 Å². The van der Waals surface area contributed by atoms with Gasteiger partial charge in [0, 0.05) is 5.88 Å².